The number of pyridine rings is 1. The predicted octanol–water partition coefficient (Wildman–Crippen LogP) is 3.56. The van der Waals surface area contributed by atoms with Gasteiger partial charge in [-0.1, -0.05) is 32.0 Å². The molecule has 184 valence electrons. The minimum absolute atomic E-state index is 0.0828. The Balaban J connectivity index is 0.00000158. The summed E-state index contributed by atoms with van der Waals surface area (Å²) in [5.74, 6) is 0.314. The first-order valence-electron chi connectivity index (χ1n) is 12.1. The number of halogens is 1. The van der Waals surface area contributed by atoms with Gasteiger partial charge >= 0.3 is 0 Å². The van der Waals surface area contributed by atoms with Crippen molar-refractivity contribution in [2.75, 3.05) is 33.2 Å². The Labute approximate surface area is 201 Å². The van der Waals surface area contributed by atoms with E-state index in [2.05, 4.69) is 10.3 Å². The van der Waals surface area contributed by atoms with Gasteiger partial charge in [-0.05, 0) is 37.7 Å². The molecule has 4 rings (SSSR count). The lowest BCUT2D eigenvalue weighted by Gasteiger charge is -2.32. The standard InChI is InChI=1S/C24H29FN4O3.C2H6/c1-28-12-11-21(20(25)16-28)27-23(30)17-7-8-22(26-15-17)24(31)29-13-9-19(10-14-29)32-18-5-3-2-4-6-18;1-2/h2-8,15,19-21H,9-14,16H2,1H3,(H,27,30);1-2H3. The molecule has 2 aliphatic rings. The summed E-state index contributed by atoms with van der Waals surface area (Å²) in [7, 11) is 1.86. The number of hydrogen-bond acceptors (Lipinski definition) is 5. The van der Waals surface area contributed by atoms with Crippen LogP contribution in [0.3, 0.4) is 0 Å². The van der Waals surface area contributed by atoms with Crippen LogP contribution in [-0.4, -0.2) is 78.1 Å². The minimum atomic E-state index is -1.10. The van der Waals surface area contributed by atoms with Crippen molar-refractivity contribution in [3.63, 3.8) is 0 Å². The van der Waals surface area contributed by atoms with E-state index < -0.39 is 12.2 Å². The van der Waals surface area contributed by atoms with Crippen LogP contribution in [0, 0.1) is 0 Å². The van der Waals surface area contributed by atoms with Crippen LogP contribution >= 0.6 is 0 Å². The maximum Gasteiger partial charge on any atom is 0.272 e. The third-order valence-corrected chi connectivity index (χ3v) is 6.08. The molecule has 0 bridgehead atoms. The minimum Gasteiger partial charge on any atom is -0.490 e. The molecule has 7 nitrogen and oxygen atoms in total. The Hall–Kier alpha value is -3.00. The molecule has 1 N–H and O–H groups in total. The zero-order chi connectivity index (χ0) is 24.5. The third kappa shape index (κ3) is 6.76. The summed E-state index contributed by atoms with van der Waals surface area (Å²) in [4.78, 5) is 33.1. The molecule has 8 heteroatoms. The Kier molecular flexibility index (Phi) is 9.39. The average molecular weight is 471 g/mol. The van der Waals surface area contributed by atoms with Crippen molar-refractivity contribution >= 4 is 11.8 Å². The second-order valence-electron chi connectivity index (χ2n) is 8.50. The summed E-state index contributed by atoms with van der Waals surface area (Å²) >= 11 is 0. The normalized spacial score (nSPS) is 21.2. The molecule has 1 aromatic heterocycles. The number of benzene rings is 1. The van der Waals surface area contributed by atoms with Crippen LogP contribution in [0.4, 0.5) is 4.39 Å². The van der Waals surface area contributed by atoms with E-state index in [1.165, 1.54) is 6.20 Å². The largest absolute Gasteiger partial charge is 0.490 e. The van der Waals surface area contributed by atoms with E-state index in [1.807, 2.05) is 56.1 Å². The smallest absolute Gasteiger partial charge is 0.272 e. The summed E-state index contributed by atoms with van der Waals surface area (Å²) in [5, 5.41) is 2.75. The third-order valence-electron chi connectivity index (χ3n) is 6.08. The number of carbonyl (C=O) groups is 2. The SMILES string of the molecule is CC.CN1CCC(NC(=O)c2ccc(C(=O)N3CCC(Oc4ccccc4)CC3)nc2)C(F)C1. The second-order valence-corrected chi connectivity index (χ2v) is 8.50. The van der Waals surface area contributed by atoms with Gasteiger partial charge in [0.25, 0.3) is 11.8 Å². The first-order valence-corrected chi connectivity index (χ1v) is 12.1. The number of carbonyl (C=O) groups excluding carboxylic acids is 2. The lowest BCUT2D eigenvalue weighted by molar-refractivity contribution is 0.0589. The van der Waals surface area contributed by atoms with Crippen molar-refractivity contribution in [3.05, 3.63) is 59.9 Å². The Morgan fingerprint density at radius 2 is 1.74 bits per heavy atom. The number of nitrogens with one attached hydrogen (secondary N) is 1. The van der Waals surface area contributed by atoms with Crippen molar-refractivity contribution in [1.82, 2.24) is 20.1 Å². The molecule has 0 saturated carbocycles. The number of rotatable bonds is 5. The maximum atomic E-state index is 14.2. The Morgan fingerprint density at radius 3 is 2.35 bits per heavy atom. The van der Waals surface area contributed by atoms with Crippen LogP contribution in [0.5, 0.6) is 5.75 Å². The number of nitrogens with zero attached hydrogens (tertiary/aromatic N) is 3. The van der Waals surface area contributed by atoms with Crippen molar-refractivity contribution in [2.45, 2.75) is 51.4 Å². The summed E-state index contributed by atoms with van der Waals surface area (Å²) in [6, 6.07) is 12.3. The molecule has 2 atom stereocenters. The van der Waals surface area contributed by atoms with Gasteiger partial charge in [0.1, 0.15) is 23.7 Å². The van der Waals surface area contributed by atoms with E-state index in [0.717, 1.165) is 25.1 Å². The number of hydrogen-bond donors (Lipinski definition) is 1. The first kappa shape index (κ1) is 25.6. The van der Waals surface area contributed by atoms with Gasteiger partial charge in [0.2, 0.25) is 0 Å². The van der Waals surface area contributed by atoms with Crippen molar-refractivity contribution < 1.29 is 18.7 Å². The summed E-state index contributed by atoms with van der Waals surface area (Å²) in [5.41, 5.74) is 0.620. The highest BCUT2D eigenvalue weighted by Gasteiger charge is 2.29. The summed E-state index contributed by atoms with van der Waals surface area (Å²) in [6.07, 6.45) is 2.44. The number of likely N-dealkylation sites (tertiary alicyclic amines) is 2. The van der Waals surface area contributed by atoms with Gasteiger partial charge in [-0.3, -0.25) is 14.6 Å². The molecule has 2 amide bonds. The molecule has 2 saturated heterocycles. The molecular formula is C26H35FN4O3. The van der Waals surface area contributed by atoms with Gasteiger partial charge in [-0.25, -0.2) is 4.39 Å². The Morgan fingerprint density at radius 1 is 1.03 bits per heavy atom. The first-order chi connectivity index (χ1) is 16.5. The van der Waals surface area contributed by atoms with Crippen LogP contribution in [0.15, 0.2) is 48.7 Å². The van der Waals surface area contributed by atoms with Crippen LogP contribution in [0.2, 0.25) is 0 Å². The zero-order valence-electron chi connectivity index (χ0n) is 20.2. The van der Waals surface area contributed by atoms with Gasteiger partial charge in [0.05, 0.1) is 11.6 Å². The fourth-order valence-electron chi connectivity index (χ4n) is 4.16. The van der Waals surface area contributed by atoms with E-state index >= 15 is 0 Å². The van der Waals surface area contributed by atoms with Crippen LogP contribution < -0.4 is 10.1 Å². The van der Waals surface area contributed by atoms with Crippen molar-refractivity contribution in [3.8, 4) is 5.75 Å². The second kappa shape index (κ2) is 12.5. The van der Waals surface area contributed by atoms with E-state index in [4.69, 9.17) is 4.74 Å². The van der Waals surface area contributed by atoms with Gasteiger partial charge in [0.15, 0.2) is 0 Å². The summed E-state index contributed by atoms with van der Waals surface area (Å²) < 4.78 is 20.1. The number of aromatic nitrogens is 1. The van der Waals surface area contributed by atoms with E-state index in [1.54, 1.807) is 17.0 Å². The number of piperidine rings is 2. The predicted molar refractivity (Wildman–Crippen MR) is 130 cm³/mol. The van der Waals surface area contributed by atoms with Crippen molar-refractivity contribution in [2.24, 2.45) is 0 Å². The number of para-hydroxylation sites is 1. The van der Waals surface area contributed by atoms with Crippen LogP contribution in [0.25, 0.3) is 0 Å². The van der Waals surface area contributed by atoms with Crippen LogP contribution in [-0.2, 0) is 0 Å². The summed E-state index contributed by atoms with van der Waals surface area (Å²) in [6.45, 7) is 6.23. The van der Waals surface area contributed by atoms with Crippen LogP contribution in [0.1, 0.15) is 54.0 Å². The average Bonchev–Trinajstić information content (AvgIpc) is 2.88. The van der Waals surface area contributed by atoms with E-state index in [9.17, 15) is 14.0 Å². The molecule has 0 aliphatic carbocycles. The highest BCUT2D eigenvalue weighted by molar-refractivity contribution is 5.96. The van der Waals surface area contributed by atoms with Gasteiger partial charge in [-0.15, -0.1) is 0 Å². The monoisotopic (exact) mass is 470 g/mol. The molecule has 1 aromatic carbocycles. The quantitative estimate of drug-likeness (QED) is 0.723. The lowest BCUT2D eigenvalue weighted by atomic mass is 10.0. The maximum absolute atomic E-state index is 14.2. The number of amides is 2. The molecule has 2 aromatic rings. The fourth-order valence-corrected chi connectivity index (χ4v) is 4.16. The Bertz CT molecular complexity index is 917. The van der Waals surface area contributed by atoms with Gasteiger partial charge in [0, 0.05) is 45.2 Å². The molecular weight excluding hydrogens is 435 g/mol. The molecule has 3 heterocycles. The highest BCUT2D eigenvalue weighted by atomic mass is 19.1. The molecule has 0 spiro atoms. The molecule has 2 aliphatic heterocycles. The topological polar surface area (TPSA) is 74.8 Å². The van der Waals surface area contributed by atoms with Crippen molar-refractivity contribution in [1.29, 1.82) is 0 Å². The lowest BCUT2D eigenvalue weighted by Crippen LogP contribution is -2.51. The van der Waals surface area contributed by atoms with Gasteiger partial charge < -0.3 is 19.9 Å². The molecule has 2 fully saturated rings. The zero-order valence-corrected chi connectivity index (χ0v) is 20.2. The molecule has 2 unspecified atom stereocenters. The van der Waals surface area contributed by atoms with E-state index in [-0.39, 0.29) is 17.9 Å². The number of ether oxygens (including phenoxy) is 1. The van der Waals surface area contributed by atoms with E-state index in [0.29, 0.717) is 37.3 Å². The molecule has 0 radical (unpaired) electrons. The highest BCUT2D eigenvalue weighted by Crippen LogP contribution is 2.20. The number of alkyl halides is 1. The molecule has 34 heavy (non-hydrogen) atoms. The fraction of sp³-hybridized carbons (Fsp3) is 0.500. The van der Waals surface area contributed by atoms with Gasteiger partial charge in [-0.2, -0.15) is 0 Å².